The summed E-state index contributed by atoms with van der Waals surface area (Å²) < 4.78 is 24.6. The van der Waals surface area contributed by atoms with Gasteiger partial charge in [-0.2, -0.15) is 0 Å². The molecule has 0 saturated carbocycles. The molecule has 0 radical (unpaired) electrons. The van der Waals surface area contributed by atoms with E-state index in [1.807, 2.05) is 18.2 Å². The highest BCUT2D eigenvalue weighted by atomic mass is 127. The second-order valence-corrected chi connectivity index (χ2v) is 7.99. The van der Waals surface area contributed by atoms with E-state index in [9.17, 15) is 8.42 Å². The molecule has 1 heterocycles. The van der Waals surface area contributed by atoms with Crippen LogP contribution in [0.25, 0.3) is 0 Å². The normalized spacial score (nSPS) is 20.3. The van der Waals surface area contributed by atoms with Crippen LogP contribution in [0, 0.1) is 5.92 Å². The monoisotopic (exact) mass is 466 g/mol. The van der Waals surface area contributed by atoms with Crippen molar-refractivity contribution in [3.8, 4) is 0 Å². The van der Waals surface area contributed by atoms with Crippen LogP contribution in [0.2, 0.25) is 0 Å². The first kappa shape index (κ1) is 21.2. The van der Waals surface area contributed by atoms with Crippen LogP contribution in [0.4, 0.5) is 0 Å². The molecule has 136 valence electrons. The van der Waals surface area contributed by atoms with Crippen LogP contribution in [-0.4, -0.2) is 51.6 Å². The molecule has 2 rings (SSSR count). The molecule has 0 aliphatic carbocycles. The molecule has 0 bridgehead atoms. The van der Waals surface area contributed by atoms with Gasteiger partial charge >= 0.3 is 0 Å². The number of aliphatic imine (C=N–C) groups is 1. The maximum atomic E-state index is 11.5. The van der Waals surface area contributed by atoms with Gasteiger partial charge in [-0.25, -0.2) is 12.7 Å². The lowest BCUT2D eigenvalue weighted by molar-refractivity contribution is 0.458. The molecule has 0 amide bonds. The van der Waals surface area contributed by atoms with E-state index in [0.29, 0.717) is 25.6 Å². The third-order valence-corrected chi connectivity index (χ3v) is 5.42. The van der Waals surface area contributed by atoms with Crippen LogP contribution in [0.3, 0.4) is 0 Å². The van der Waals surface area contributed by atoms with Crippen LogP contribution >= 0.6 is 24.0 Å². The Balaban J connectivity index is 0.00000288. The number of nitrogens with zero attached hydrogens (tertiary/aromatic N) is 2. The van der Waals surface area contributed by atoms with Gasteiger partial charge in [0.05, 0.1) is 12.3 Å². The topological polar surface area (TPSA) is 73.8 Å². The van der Waals surface area contributed by atoms with Gasteiger partial charge in [0.2, 0.25) is 10.0 Å². The number of rotatable bonds is 5. The van der Waals surface area contributed by atoms with Crippen molar-refractivity contribution in [1.82, 2.24) is 14.9 Å². The van der Waals surface area contributed by atoms with Crippen LogP contribution in [0.5, 0.6) is 0 Å². The SMILES string of the molecule is CN=C(NCC1CCN(S(C)(=O)=O)C1)NC(C)c1ccccc1.I. The van der Waals surface area contributed by atoms with Crippen LogP contribution in [-0.2, 0) is 10.0 Å². The Morgan fingerprint density at radius 3 is 2.58 bits per heavy atom. The van der Waals surface area contributed by atoms with Gasteiger partial charge < -0.3 is 10.6 Å². The minimum absolute atomic E-state index is 0. The highest BCUT2D eigenvalue weighted by Gasteiger charge is 2.28. The average molecular weight is 466 g/mol. The molecular weight excluding hydrogens is 439 g/mol. The maximum absolute atomic E-state index is 11.5. The van der Waals surface area contributed by atoms with E-state index >= 15 is 0 Å². The van der Waals surface area contributed by atoms with Crippen molar-refractivity contribution in [3.63, 3.8) is 0 Å². The number of guanidine groups is 1. The lowest BCUT2D eigenvalue weighted by Gasteiger charge is -2.20. The summed E-state index contributed by atoms with van der Waals surface area (Å²) in [4.78, 5) is 4.24. The largest absolute Gasteiger partial charge is 0.356 e. The summed E-state index contributed by atoms with van der Waals surface area (Å²) in [6.45, 7) is 3.99. The van der Waals surface area contributed by atoms with Crippen molar-refractivity contribution in [2.24, 2.45) is 10.9 Å². The fourth-order valence-electron chi connectivity index (χ4n) is 2.73. The van der Waals surface area contributed by atoms with E-state index in [4.69, 9.17) is 0 Å². The fourth-order valence-corrected chi connectivity index (χ4v) is 3.65. The highest BCUT2D eigenvalue weighted by molar-refractivity contribution is 14.0. The average Bonchev–Trinajstić information content (AvgIpc) is 3.01. The Labute approximate surface area is 162 Å². The van der Waals surface area contributed by atoms with Crippen LogP contribution in [0.15, 0.2) is 35.3 Å². The van der Waals surface area contributed by atoms with E-state index in [1.54, 1.807) is 11.4 Å². The molecule has 8 heteroatoms. The predicted octanol–water partition coefficient (Wildman–Crippen LogP) is 1.81. The van der Waals surface area contributed by atoms with Crippen molar-refractivity contribution >= 4 is 40.0 Å². The molecule has 2 atom stereocenters. The number of halogens is 1. The van der Waals surface area contributed by atoms with E-state index in [-0.39, 0.29) is 30.0 Å². The second-order valence-electron chi connectivity index (χ2n) is 6.01. The molecule has 0 aromatic heterocycles. The molecule has 2 unspecified atom stereocenters. The molecular formula is C16H27IN4O2S. The predicted molar refractivity (Wildman–Crippen MR) is 109 cm³/mol. The maximum Gasteiger partial charge on any atom is 0.211 e. The van der Waals surface area contributed by atoms with Gasteiger partial charge in [0.1, 0.15) is 0 Å². The van der Waals surface area contributed by atoms with Crippen molar-refractivity contribution < 1.29 is 8.42 Å². The van der Waals surface area contributed by atoms with Gasteiger partial charge in [-0.15, -0.1) is 24.0 Å². The molecule has 2 N–H and O–H groups in total. The minimum atomic E-state index is -3.07. The summed E-state index contributed by atoms with van der Waals surface area (Å²) in [5, 5.41) is 6.66. The Hall–Kier alpha value is -0.870. The van der Waals surface area contributed by atoms with E-state index in [0.717, 1.165) is 12.4 Å². The van der Waals surface area contributed by atoms with Crippen molar-refractivity contribution in [2.45, 2.75) is 19.4 Å². The van der Waals surface area contributed by atoms with Crippen LogP contribution < -0.4 is 10.6 Å². The number of nitrogens with one attached hydrogen (secondary N) is 2. The fraction of sp³-hybridized carbons (Fsp3) is 0.562. The molecule has 1 aliphatic heterocycles. The summed E-state index contributed by atoms with van der Waals surface area (Å²) in [5.74, 6) is 1.05. The summed E-state index contributed by atoms with van der Waals surface area (Å²) in [6, 6.07) is 10.3. The van der Waals surface area contributed by atoms with Crippen molar-refractivity contribution in [1.29, 1.82) is 0 Å². The number of sulfonamides is 1. The summed E-state index contributed by atoms with van der Waals surface area (Å²) in [7, 11) is -1.33. The summed E-state index contributed by atoms with van der Waals surface area (Å²) >= 11 is 0. The Morgan fingerprint density at radius 2 is 2.04 bits per heavy atom. The Morgan fingerprint density at radius 1 is 1.38 bits per heavy atom. The van der Waals surface area contributed by atoms with Gasteiger partial charge in [-0.1, -0.05) is 30.3 Å². The number of hydrogen-bond acceptors (Lipinski definition) is 3. The molecule has 1 fully saturated rings. The van der Waals surface area contributed by atoms with Gasteiger partial charge in [0, 0.05) is 26.7 Å². The van der Waals surface area contributed by atoms with Gasteiger partial charge in [-0.05, 0) is 24.8 Å². The number of benzene rings is 1. The number of hydrogen-bond donors (Lipinski definition) is 2. The summed E-state index contributed by atoms with van der Waals surface area (Å²) in [5.41, 5.74) is 1.19. The lowest BCUT2D eigenvalue weighted by Crippen LogP contribution is -2.41. The molecule has 6 nitrogen and oxygen atoms in total. The van der Waals surface area contributed by atoms with E-state index in [1.165, 1.54) is 11.8 Å². The van der Waals surface area contributed by atoms with Crippen LogP contribution in [0.1, 0.15) is 24.9 Å². The van der Waals surface area contributed by atoms with Crippen molar-refractivity contribution in [3.05, 3.63) is 35.9 Å². The third kappa shape index (κ3) is 6.21. The summed E-state index contributed by atoms with van der Waals surface area (Å²) in [6.07, 6.45) is 2.15. The van der Waals surface area contributed by atoms with Gasteiger partial charge in [0.15, 0.2) is 5.96 Å². The zero-order valence-corrected chi connectivity index (χ0v) is 17.5. The van der Waals surface area contributed by atoms with E-state index < -0.39 is 10.0 Å². The first-order valence-corrected chi connectivity index (χ1v) is 9.72. The standard InChI is InChI=1S/C16H26N4O2S.HI/c1-13(15-7-5-4-6-8-15)19-16(17-2)18-11-14-9-10-20(12-14)23(3,21)22;/h4-8,13-14H,9-12H2,1-3H3,(H2,17,18,19);1H. The first-order chi connectivity index (χ1) is 10.9. The lowest BCUT2D eigenvalue weighted by atomic mass is 10.1. The van der Waals surface area contributed by atoms with Crippen molar-refractivity contribution in [2.75, 3.05) is 32.9 Å². The molecule has 0 spiro atoms. The molecule has 1 aromatic carbocycles. The zero-order valence-electron chi connectivity index (χ0n) is 14.4. The van der Waals surface area contributed by atoms with Gasteiger partial charge in [-0.3, -0.25) is 4.99 Å². The first-order valence-electron chi connectivity index (χ1n) is 7.87. The zero-order chi connectivity index (χ0) is 16.9. The highest BCUT2D eigenvalue weighted by Crippen LogP contribution is 2.18. The quantitative estimate of drug-likeness (QED) is 0.395. The second kappa shape index (κ2) is 9.57. The Bertz CT molecular complexity index is 637. The molecule has 1 aromatic rings. The Kier molecular flexibility index (Phi) is 8.44. The molecule has 24 heavy (non-hydrogen) atoms. The van der Waals surface area contributed by atoms with E-state index in [2.05, 4.69) is 34.7 Å². The molecule has 1 aliphatic rings. The third-order valence-electron chi connectivity index (χ3n) is 4.15. The van der Waals surface area contributed by atoms with Gasteiger partial charge in [0.25, 0.3) is 0 Å². The smallest absolute Gasteiger partial charge is 0.211 e. The molecule has 1 saturated heterocycles. The minimum Gasteiger partial charge on any atom is -0.356 e.